The first-order valence-electron chi connectivity index (χ1n) is 8.48. The van der Waals surface area contributed by atoms with Crippen molar-refractivity contribution in [3.63, 3.8) is 0 Å². The van der Waals surface area contributed by atoms with Crippen molar-refractivity contribution in [2.24, 2.45) is 5.10 Å². The Morgan fingerprint density at radius 2 is 2.00 bits per heavy atom. The van der Waals surface area contributed by atoms with Crippen LogP contribution in [-0.2, 0) is 4.79 Å². The van der Waals surface area contributed by atoms with Crippen LogP contribution in [0.15, 0.2) is 70.2 Å². The highest BCUT2D eigenvalue weighted by atomic mass is 16.6. The minimum Gasteiger partial charge on any atom is -0.455 e. The minimum absolute atomic E-state index is 0.0162. The Morgan fingerprint density at radius 3 is 2.79 bits per heavy atom. The first kappa shape index (κ1) is 18.8. The second kappa shape index (κ2) is 8.63. The number of furan rings is 1. The predicted molar refractivity (Wildman–Crippen MR) is 106 cm³/mol. The van der Waals surface area contributed by atoms with E-state index in [0.717, 1.165) is 11.3 Å². The number of rotatable bonds is 7. The zero-order chi connectivity index (χ0) is 19.9. The summed E-state index contributed by atoms with van der Waals surface area (Å²) in [5.41, 5.74) is 4.93. The van der Waals surface area contributed by atoms with Crippen LogP contribution in [0, 0.1) is 17.0 Å². The van der Waals surface area contributed by atoms with Gasteiger partial charge >= 0.3 is 0 Å². The molecular weight excluding hydrogens is 360 g/mol. The third-order valence-electron chi connectivity index (χ3n) is 3.82. The molecule has 8 heteroatoms. The molecule has 1 aromatic heterocycles. The number of nitro benzene ring substituents is 1. The van der Waals surface area contributed by atoms with Crippen LogP contribution in [0.3, 0.4) is 0 Å². The van der Waals surface area contributed by atoms with Crippen molar-refractivity contribution in [1.29, 1.82) is 0 Å². The SMILES string of the molecule is Cc1cccc(NCC(=O)NN=Cc2ccc(-c3cccc([N+](=O)[O-])c3)o2)c1. The molecule has 0 unspecified atom stereocenters. The van der Waals surface area contributed by atoms with Gasteiger partial charge in [-0.25, -0.2) is 5.43 Å². The third kappa shape index (κ3) is 5.04. The van der Waals surface area contributed by atoms with E-state index in [9.17, 15) is 14.9 Å². The van der Waals surface area contributed by atoms with Crippen LogP contribution in [0.25, 0.3) is 11.3 Å². The number of carbonyl (C=O) groups excluding carboxylic acids is 1. The molecule has 0 aliphatic rings. The van der Waals surface area contributed by atoms with Gasteiger partial charge in [0.25, 0.3) is 11.6 Å². The van der Waals surface area contributed by atoms with Gasteiger partial charge in [-0.3, -0.25) is 14.9 Å². The van der Waals surface area contributed by atoms with Gasteiger partial charge < -0.3 is 9.73 Å². The summed E-state index contributed by atoms with van der Waals surface area (Å²) in [5, 5.41) is 17.7. The van der Waals surface area contributed by atoms with E-state index in [2.05, 4.69) is 15.8 Å². The average Bonchev–Trinajstić information content (AvgIpc) is 3.15. The Bertz CT molecular complexity index is 1030. The topological polar surface area (TPSA) is 110 Å². The molecule has 0 spiro atoms. The van der Waals surface area contributed by atoms with E-state index >= 15 is 0 Å². The fourth-order valence-corrected chi connectivity index (χ4v) is 2.49. The van der Waals surface area contributed by atoms with Crippen LogP contribution >= 0.6 is 0 Å². The lowest BCUT2D eigenvalue weighted by atomic mass is 10.1. The van der Waals surface area contributed by atoms with Crippen molar-refractivity contribution in [3.8, 4) is 11.3 Å². The number of nitro groups is 1. The summed E-state index contributed by atoms with van der Waals surface area (Å²) in [6, 6.07) is 17.2. The molecule has 0 aliphatic heterocycles. The second-order valence-electron chi connectivity index (χ2n) is 6.03. The summed E-state index contributed by atoms with van der Waals surface area (Å²) in [6.45, 7) is 2.05. The van der Waals surface area contributed by atoms with Gasteiger partial charge in [0.2, 0.25) is 0 Å². The minimum atomic E-state index is -0.463. The number of nitrogens with one attached hydrogen (secondary N) is 2. The zero-order valence-corrected chi connectivity index (χ0v) is 15.1. The van der Waals surface area contributed by atoms with Gasteiger partial charge in [-0.15, -0.1) is 0 Å². The molecule has 0 aliphatic carbocycles. The summed E-state index contributed by atoms with van der Waals surface area (Å²) < 4.78 is 5.59. The number of hydrogen-bond acceptors (Lipinski definition) is 6. The summed E-state index contributed by atoms with van der Waals surface area (Å²) in [7, 11) is 0. The zero-order valence-electron chi connectivity index (χ0n) is 15.1. The van der Waals surface area contributed by atoms with E-state index in [1.165, 1.54) is 18.3 Å². The normalized spacial score (nSPS) is 10.8. The molecule has 1 amide bonds. The van der Waals surface area contributed by atoms with E-state index in [-0.39, 0.29) is 18.1 Å². The molecule has 142 valence electrons. The van der Waals surface area contributed by atoms with Crippen LogP contribution in [0.4, 0.5) is 11.4 Å². The highest BCUT2D eigenvalue weighted by Gasteiger charge is 2.09. The summed E-state index contributed by atoms with van der Waals surface area (Å²) >= 11 is 0. The number of non-ortho nitro benzene ring substituents is 1. The van der Waals surface area contributed by atoms with E-state index in [1.807, 2.05) is 31.2 Å². The number of nitrogens with zero attached hydrogens (tertiary/aromatic N) is 2. The molecule has 0 fully saturated rings. The number of amides is 1. The van der Waals surface area contributed by atoms with Crippen LogP contribution in [-0.4, -0.2) is 23.6 Å². The van der Waals surface area contributed by atoms with Crippen molar-refractivity contribution in [2.75, 3.05) is 11.9 Å². The van der Waals surface area contributed by atoms with Crippen LogP contribution < -0.4 is 10.7 Å². The van der Waals surface area contributed by atoms with Crippen LogP contribution in [0.2, 0.25) is 0 Å². The Labute approximate surface area is 161 Å². The number of benzene rings is 2. The summed E-state index contributed by atoms with van der Waals surface area (Å²) in [6.07, 6.45) is 1.37. The molecule has 0 saturated carbocycles. The van der Waals surface area contributed by atoms with Crippen molar-refractivity contribution in [1.82, 2.24) is 5.43 Å². The van der Waals surface area contributed by atoms with E-state index in [0.29, 0.717) is 17.1 Å². The van der Waals surface area contributed by atoms with Crippen molar-refractivity contribution >= 4 is 23.5 Å². The number of hydrogen-bond donors (Lipinski definition) is 2. The molecule has 3 rings (SSSR count). The van der Waals surface area contributed by atoms with Crippen LogP contribution in [0.1, 0.15) is 11.3 Å². The molecule has 0 saturated heterocycles. The van der Waals surface area contributed by atoms with Gasteiger partial charge in [-0.1, -0.05) is 24.3 Å². The largest absolute Gasteiger partial charge is 0.455 e. The van der Waals surface area contributed by atoms with Gasteiger partial charge in [-0.05, 0) is 36.8 Å². The molecule has 0 bridgehead atoms. The molecule has 2 aromatic carbocycles. The van der Waals surface area contributed by atoms with Gasteiger partial charge in [0.05, 0.1) is 17.7 Å². The second-order valence-corrected chi connectivity index (χ2v) is 6.03. The van der Waals surface area contributed by atoms with Crippen molar-refractivity contribution in [2.45, 2.75) is 6.92 Å². The standard InChI is InChI=1S/C20H18N4O4/c1-14-4-2-6-16(10-14)21-13-20(25)23-22-12-18-8-9-19(28-18)15-5-3-7-17(11-15)24(26)27/h2-12,21H,13H2,1H3,(H,23,25). The third-order valence-corrected chi connectivity index (χ3v) is 3.82. The lowest BCUT2D eigenvalue weighted by Crippen LogP contribution is -2.25. The smallest absolute Gasteiger partial charge is 0.270 e. The first-order chi connectivity index (χ1) is 13.5. The van der Waals surface area contributed by atoms with Gasteiger partial charge in [0, 0.05) is 23.4 Å². The Morgan fingerprint density at radius 1 is 1.18 bits per heavy atom. The lowest BCUT2D eigenvalue weighted by molar-refractivity contribution is -0.384. The highest BCUT2D eigenvalue weighted by Crippen LogP contribution is 2.25. The average molecular weight is 378 g/mol. The summed E-state index contributed by atoms with van der Waals surface area (Å²) in [4.78, 5) is 22.2. The van der Waals surface area contributed by atoms with E-state index in [1.54, 1.807) is 24.3 Å². The molecule has 0 atom stereocenters. The monoisotopic (exact) mass is 378 g/mol. The Balaban J connectivity index is 1.54. The molecule has 8 nitrogen and oxygen atoms in total. The molecular formula is C20H18N4O4. The molecule has 1 heterocycles. The van der Waals surface area contributed by atoms with Crippen LogP contribution in [0.5, 0.6) is 0 Å². The van der Waals surface area contributed by atoms with Gasteiger partial charge in [0.15, 0.2) is 0 Å². The maximum atomic E-state index is 11.8. The molecule has 2 N–H and O–H groups in total. The number of anilines is 1. The van der Waals surface area contributed by atoms with Gasteiger partial charge in [0.1, 0.15) is 11.5 Å². The predicted octanol–water partition coefficient (Wildman–Crippen LogP) is 3.73. The van der Waals surface area contributed by atoms with E-state index < -0.39 is 4.92 Å². The Kier molecular flexibility index (Phi) is 5.81. The molecule has 28 heavy (non-hydrogen) atoms. The van der Waals surface area contributed by atoms with E-state index in [4.69, 9.17) is 4.42 Å². The Hall–Kier alpha value is -3.94. The van der Waals surface area contributed by atoms with Gasteiger partial charge in [-0.2, -0.15) is 5.10 Å². The number of aryl methyl sites for hydroxylation is 1. The maximum absolute atomic E-state index is 11.8. The number of hydrazone groups is 1. The molecule has 3 aromatic rings. The summed E-state index contributed by atoms with van der Waals surface area (Å²) in [5.74, 6) is 0.578. The molecule has 0 radical (unpaired) electrons. The number of carbonyl (C=O) groups is 1. The maximum Gasteiger partial charge on any atom is 0.270 e. The van der Waals surface area contributed by atoms with Crippen molar-refractivity contribution in [3.05, 3.63) is 82.1 Å². The van der Waals surface area contributed by atoms with Crippen molar-refractivity contribution < 1.29 is 14.1 Å². The fourth-order valence-electron chi connectivity index (χ4n) is 2.49. The lowest BCUT2D eigenvalue weighted by Gasteiger charge is -2.05. The fraction of sp³-hybridized carbons (Fsp3) is 0.100. The first-order valence-corrected chi connectivity index (χ1v) is 8.48. The highest BCUT2D eigenvalue weighted by molar-refractivity contribution is 5.83. The quantitative estimate of drug-likeness (QED) is 0.370.